The Labute approximate surface area is 73.1 Å². The highest BCUT2D eigenvalue weighted by Gasteiger charge is 2.37. The van der Waals surface area contributed by atoms with Crippen LogP contribution in [0.15, 0.2) is 0 Å². The molecule has 0 spiro atoms. The van der Waals surface area contributed by atoms with Gasteiger partial charge < -0.3 is 16.0 Å². The minimum Gasteiger partial charge on any atom is -0.331 e. The number of rotatable bonds is 2. The molecule has 70 valence electrons. The van der Waals surface area contributed by atoms with Gasteiger partial charge in [-0.2, -0.15) is 0 Å². The van der Waals surface area contributed by atoms with E-state index in [9.17, 15) is 4.79 Å². The number of carbonyl (C=O) groups excluding carboxylic acids is 1. The van der Waals surface area contributed by atoms with E-state index in [1.165, 1.54) is 11.3 Å². The number of hydrogen-bond donors (Lipinski definition) is 2. The van der Waals surface area contributed by atoms with E-state index in [0.29, 0.717) is 6.54 Å². The van der Waals surface area contributed by atoms with Gasteiger partial charge in [-0.25, -0.2) is 4.79 Å². The van der Waals surface area contributed by atoms with Crippen molar-refractivity contribution in [1.29, 1.82) is 0 Å². The van der Waals surface area contributed by atoms with Crippen molar-refractivity contribution in [3.05, 3.63) is 0 Å². The Bertz CT molecular complexity index is 170. The van der Waals surface area contributed by atoms with Crippen LogP contribution in [0.1, 0.15) is 19.3 Å². The SMILES string of the molecule is CN(C)C(=O)NC1(CN)CCC1. The Morgan fingerprint density at radius 1 is 1.58 bits per heavy atom. The molecular formula is C8H17N3O. The average molecular weight is 171 g/mol. The van der Waals surface area contributed by atoms with Crippen LogP contribution in [0.4, 0.5) is 4.79 Å². The molecule has 0 radical (unpaired) electrons. The topological polar surface area (TPSA) is 58.4 Å². The Morgan fingerprint density at radius 2 is 2.17 bits per heavy atom. The highest BCUT2D eigenvalue weighted by molar-refractivity contribution is 5.74. The second kappa shape index (κ2) is 3.31. The van der Waals surface area contributed by atoms with Crippen LogP contribution in [0.2, 0.25) is 0 Å². The molecule has 0 heterocycles. The third-order valence-electron chi connectivity index (χ3n) is 2.48. The first-order valence-corrected chi connectivity index (χ1v) is 4.29. The summed E-state index contributed by atoms with van der Waals surface area (Å²) in [6.45, 7) is 0.548. The summed E-state index contributed by atoms with van der Waals surface area (Å²) in [7, 11) is 3.47. The highest BCUT2D eigenvalue weighted by Crippen LogP contribution is 2.30. The number of nitrogens with one attached hydrogen (secondary N) is 1. The summed E-state index contributed by atoms with van der Waals surface area (Å²) in [4.78, 5) is 12.8. The molecule has 0 aromatic heterocycles. The van der Waals surface area contributed by atoms with Gasteiger partial charge in [0.1, 0.15) is 0 Å². The maximum Gasteiger partial charge on any atom is 0.317 e. The molecule has 1 fully saturated rings. The first kappa shape index (κ1) is 9.32. The number of carbonyl (C=O) groups is 1. The summed E-state index contributed by atoms with van der Waals surface area (Å²) in [5.74, 6) is 0. The fourth-order valence-electron chi connectivity index (χ4n) is 1.32. The van der Waals surface area contributed by atoms with Crippen LogP contribution in [0, 0.1) is 0 Å². The zero-order chi connectivity index (χ0) is 9.19. The monoisotopic (exact) mass is 171 g/mol. The summed E-state index contributed by atoms with van der Waals surface area (Å²) in [6, 6.07) is -0.0415. The lowest BCUT2D eigenvalue weighted by molar-refractivity contribution is 0.166. The first-order chi connectivity index (χ1) is 5.59. The van der Waals surface area contributed by atoms with E-state index in [4.69, 9.17) is 5.73 Å². The van der Waals surface area contributed by atoms with Crippen molar-refractivity contribution in [3.63, 3.8) is 0 Å². The van der Waals surface area contributed by atoms with Gasteiger partial charge in [-0.3, -0.25) is 0 Å². The summed E-state index contributed by atoms with van der Waals surface area (Å²) in [5, 5.41) is 2.94. The molecule has 4 heteroatoms. The molecular weight excluding hydrogens is 154 g/mol. The van der Waals surface area contributed by atoms with E-state index >= 15 is 0 Å². The van der Waals surface area contributed by atoms with E-state index in [2.05, 4.69) is 5.32 Å². The molecule has 12 heavy (non-hydrogen) atoms. The van der Waals surface area contributed by atoms with Crippen molar-refractivity contribution in [2.45, 2.75) is 24.8 Å². The van der Waals surface area contributed by atoms with Gasteiger partial charge in [-0.05, 0) is 19.3 Å². The Hall–Kier alpha value is -0.770. The van der Waals surface area contributed by atoms with Crippen LogP contribution in [0.25, 0.3) is 0 Å². The molecule has 1 saturated carbocycles. The van der Waals surface area contributed by atoms with Crippen molar-refractivity contribution in [3.8, 4) is 0 Å². The molecule has 0 unspecified atom stereocenters. The van der Waals surface area contributed by atoms with Crippen molar-refractivity contribution in [1.82, 2.24) is 10.2 Å². The van der Waals surface area contributed by atoms with Gasteiger partial charge in [-0.15, -0.1) is 0 Å². The third-order valence-corrected chi connectivity index (χ3v) is 2.48. The van der Waals surface area contributed by atoms with E-state index < -0.39 is 0 Å². The molecule has 0 atom stereocenters. The summed E-state index contributed by atoms with van der Waals surface area (Å²) in [6.07, 6.45) is 3.21. The summed E-state index contributed by atoms with van der Waals surface area (Å²) < 4.78 is 0. The molecule has 1 rings (SSSR count). The fourth-order valence-corrected chi connectivity index (χ4v) is 1.32. The summed E-state index contributed by atoms with van der Waals surface area (Å²) >= 11 is 0. The van der Waals surface area contributed by atoms with Gasteiger partial charge in [-0.1, -0.05) is 0 Å². The predicted molar refractivity (Wildman–Crippen MR) is 47.9 cm³/mol. The molecule has 0 bridgehead atoms. The third kappa shape index (κ3) is 1.69. The maximum absolute atomic E-state index is 11.3. The van der Waals surface area contributed by atoms with Crippen LogP contribution in [0.5, 0.6) is 0 Å². The molecule has 3 N–H and O–H groups in total. The van der Waals surface area contributed by atoms with Gasteiger partial charge >= 0.3 is 6.03 Å². The molecule has 0 aromatic rings. The lowest BCUT2D eigenvalue weighted by atomic mass is 9.77. The van der Waals surface area contributed by atoms with Crippen molar-refractivity contribution in [2.24, 2.45) is 5.73 Å². The van der Waals surface area contributed by atoms with Crippen LogP contribution in [0.3, 0.4) is 0 Å². The van der Waals surface area contributed by atoms with Crippen LogP contribution in [-0.4, -0.2) is 37.1 Å². The van der Waals surface area contributed by atoms with Crippen molar-refractivity contribution in [2.75, 3.05) is 20.6 Å². The molecule has 0 aromatic carbocycles. The molecule has 1 aliphatic rings. The van der Waals surface area contributed by atoms with Crippen molar-refractivity contribution >= 4 is 6.03 Å². The van der Waals surface area contributed by atoms with E-state index in [-0.39, 0.29) is 11.6 Å². The number of nitrogens with zero attached hydrogens (tertiary/aromatic N) is 1. The quantitative estimate of drug-likeness (QED) is 0.621. The molecule has 0 aliphatic heterocycles. The number of nitrogens with two attached hydrogens (primary N) is 1. The molecule has 2 amide bonds. The highest BCUT2D eigenvalue weighted by atomic mass is 16.2. The maximum atomic E-state index is 11.3. The van der Waals surface area contributed by atoms with E-state index in [1.54, 1.807) is 14.1 Å². The van der Waals surface area contributed by atoms with Crippen LogP contribution >= 0.6 is 0 Å². The Morgan fingerprint density at radius 3 is 2.42 bits per heavy atom. The largest absolute Gasteiger partial charge is 0.331 e. The van der Waals surface area contributed by atoms with Gasteiger partial charge in [0.25, 0.3) is 0 Å². The van der Waals surface area contributed by atoms with Gasteiger partial charge in [0.2, 0.25) is 0 Å². The van der Waals surface area contributed by atoms with Crippen molar-refractivity contribution < 1.29 is 4.79 Å². The molecule has 0 saturated heterocycles. The fraction of sp³-hybridized carbons (Fsp3) is 0.875. The number of hydrogen-bond acceptors (Lipinski definition) is 2. The van der Waals surface area contributed by atoms with Crippen LogP contribution in [-0.2, 0) is 0 Å². The normalized spacial score (nSPS) is 19.6. The lowest BCUT2D eigenvalue weighted by Gasteiger charge is -2.42. The van der Waals surface area contributed by atoms with Gasteiger partial charge in [0.05, 0.1) is 5.54 Å². The Kier molecular flexibility index (Phi) is 2.57. The zero-order valence-electron chi connectivity index (χ0n) is 7.76. The van der Waals surface area contributed by atoms with E-state index in [1.807, 2.05) is 0 Å². The second-order valence-corrected chi connectivity index (χ2v) is 3.66. The Balaban J connectivity index is 2.43. The predicted octanol–water partition coefficient (Wildman–Crippen LogP) is 0.139. The first-order valence-electron chi connectivity index (χ1n) is 4.29. The second-order valence-electron chi connectivity index (χ2n) is 3.66. The minimum absolute atomic E-state index is 0.0415. The minimum atomic E-state index is -0.0959. The molecule has 4 nitrogen and oxygen atoms in total. The average Bonchev–Trinajstić information content (AvgIpc) is 1.96. The molecule has 1 aliphatic carbocycles. The number of urea groups is 1. The van der Waals surface area contributed by atoms with Gasteiger partial charge in [0.15, 0.2) is 0 Å². The van der Waals surface area contributed by atoms with Crippen LogP contribution < -0.4 is 11.1 Å². The number of amides is 2. The standard InChI is InChI=1S/C8H17N3O/c1-11(2)7(12)10-8(6-9)4-3-5-8/h3-6,9H2,1-2H3,(H,10,12). The van der Waals surface area contributed by atoms with Gasteiger partial charge in [0, 0.05) is 20.6 Å². The summed E-state index contributed by atoms with van der Waals surface area (Å²) in [5.41, 5.74) is 5.49. The lowest BCUT2D eigenvalue weighted by Crippen LogP contribution is -2.60. The zero-order valence-corrected chi connectivity index (χ0v) is 7.76. The smallest absolute Gasteiger partial charge is 0.317 e. The van der Waals surface area contributed by atoms with E-state index in [0.717, 1.165) is 12.8 Å².